The second-order valence-electron chi connectivity index (χ2n) is 7.11. The van der Waals surface area contributed by atoms with Crippen LogP contribution in [0.4, 0.5) is 5.69 Å². The Labute approximate surface area is 229 Å². The fourth-order valence-electron chi connectivity index (χ4n) is 1.22. The Morgan fingerprint density at radius 3 is 1.56 bits per heavy atom. The highest BCUT2D eigenvalue weighted by molar-refractivity contribution is 6.02. The number of aliphatic carboxylic acids is 1. The van der Waals surface area contributed by atoms with E-state index in [1.165, 1.54) is 32.2 Å². The van der Waals surface area contributed by atoms with Crippen LogP contribution < -0.4 is 5.32 Å². The molecule has 0 bridgehead atoms. The first-order valence-corrected chi connectivity index (χ1v) is 10.8. The number of carbonyl (C=O) groups excluding carboxylic acids is 3. The van der Waals surface area contributed by atoms with Crippen LogP contribution in [0.2, 0.25) is 0 Å². The second-order valence-corrected chi connectivity index (χ2v) is 7.11. The minimum atomic E-state index is -0.935. The fraction of sp³-hybridized carbons (Fsp3) is 0.250. The molecule has 0 fully saturated rings. The van der Waals surface area contributed by atoms with E-state index in [1.54, 1.807) is 39.0 Å². The number of carboxylic acid groups (broad SMARTS) is 1. The van der Waals surface area contributed by atoms with E-state index in [9.17, 15) is 19.2 Å². The maximum atomic E-state index is 11.1. The number of rotatable bonds is 7. The molecule has 0 spiro atoms. The van der Waals surface area contributed by atoms with E-state index in [2.05, 4.69) is 47.7 Å². The Kier molecular flexibility index (Phi) is 27.6. The molecular formula is C28H38N2O9. The van der Waals surface area contributed by atoms with Crippen LogP contribution in [0.1, 0.15) is 27.7 Å². The molecular weight excluding hydrogens is 508 g/mol. The molecule has 0 saturated heterocycles. The Bertz CT molecular complexity index is 1020. The predicted octanol–water partition coefficient (Wildman–Crippen LogP) is 4.08. The van der Waals surface area contributed by atoms with Crippen LogP contribution in [0.3, 0.4) is 0 Å². The fourth-order valence-corrected chi connectivity index (χ4v) is 1.22. The maximum Gasteiger partial charge on any atom is 0.333 e. The number of allylic oxidation sites excluding steroid dienone is 1. The van der Waals surface area contributed by atoms with E-state index in [0.717, 1.165) is 0 Å². The minimum absolute atomic E-state index is 0.0473. The number of ether oxygens (including phenoxy) is 2. The third-order valence-electron chi connectivity index (χ3n) is 3.18. The highest BCUT2D eigenvalue weighted by Gasteiger charge is 2.01. The SMILES string of the molecule is C=C(C)C(=O)Nc1ccc(O)cc1.C=C(C)C(=O)O.C=C(C)C(=O)OC.C=C(C)C(=O)OCCO.C=CC#N. The van der Waals surface area contributed by atoms with Crippen LogP contribution in [0.25, 0.3) is 0 Å². The van der Waals surface area contributed by atoms with Crippen molar-refractivity contribution in [1.29, 1.82) is 5.26 Å². The van der Waals surface area contributed by atoms with E-state index >= 15 is 0 Å². The third-order valence-corrected chi connectivity index (χ3v) is 3.18. The van der Waals surface area contributed by atoms with Crippen LogP contribution >= 0.6 is 0 Å². The standard InChI is InChI=1S/C10H11NO2.C6H10O3.C5H8O2.C4H6O2.C3H3N/c1-7(2)10(13)11-8-3-5-9(12)6-4-8;1-5(2)6(8)9-4-3-7;1-4(2)5(6)7-3;1-3(2)4(5)6;1-2-3-4/h3-6,12H,1H2,2H3,(H,11,13);7H,1,3-4H2,2H3;1H2,2-3H3;1H2,2H3,(H,5,6);2H,1H2. The number of aliphatic hydroxyl groups excluding tert-OH is 1. The molecule has 11 nitrogen and oxygen atoms in total. The van der Waals surface area contributed by atoms with Gasteiger partial charge in [-0.25, -0.2) is 14.4 Å². The van der Waals surface area contributed by atoms with Gasteiger partial charge in [-0.2, -0.15) is 5.26 Å². The molecule has 0 unspecified atom stereocenters. The molecule has 0 aliphatic carbocycles. The second kappa shape index (κ2) is 26.1. The molecule has 0 radical (unpaired) electrons. The van der Waals surface area contributed by atoms with Gasteiger partial charge in [-0.05, 0) is 52.0 Å². The van der Waals surface area contributed by atoms with Crippen molar-refractivity contribution in [2.45, 2.75) is 27.7 Å². The number of carboxylic acids is 1. The van der Waals surface area contributed by atoms with E-state index in [4.69, 9.17) is 20.6 Å². The molecule has 0 atom stereocenters. The Balaban J connectivity index is -0.000000208. The number of nitriles is 1. The molecule has 214 valence electrons. The number of benzene rings is 1. The summed E-state index contributed by atoms with van der Waals surface area (Å²) in [7, 11) is 1.33. The van der Waals surface area contributed by atoms with Crippen molar-refractivity contribution in [2.24, 2.45) is 0 Å². The molecule has 1 aromatic carbocycles. The van der Waals surface area contributed by atoms with Crippen molar-refractivity contribution in [2.75, 3.05) is 25.6 Å². The van der Waals surface area contributed by atoms with Crippen LogP contribution in [0.15, 0.2) is 85.5 Å². The van der Waals surface area contributed by atoms with Crippen molar-refractivity contribution in [3.05, 3.63) is 85.5 Å². The van der Waals surface area contributed by atoms with Gasteiger partial charge in [0.2, 0.25) is 0 Å². The lowest BCUT2D eigenvalue weighted by atomic mass is 10.2. The van der Waals surface area contributed by atoms with Gasteiger partial charge in [0.1, 0.15) is 12.4 Å². The topological polar surface area (TPSA) is 183 Å². The quantitative estimate of drug-likeness (QED) is 0.168. The van der Waals surface area contributed by atoms with Crippen molar-refractivity contribution in [3.8, 4) is 11.8 Å². The van der Waals surface area contributed by atoms with Crippen LogP contribution in [0, 0.1) is 11.3 Å². The normalized spacial score (nSPS) is 8.03. The zero-order valence-corrected chi connectivity index (χ0v) is 23.1. The van der Waals surface area contributed by atoms with Crippen molar-refractivity contribution in [1.82, 2.24) is 0 Å². The zero-order valence-electron chi connectivity index (χ0n) is 23.1. The summed E-state index contributed by atoms with van der Waals surface area (Å²) in [6, 6.07) is 7.95. The number of hydrogen-bond donors (Lipinski definition) is 4. The summed E-state index contributed by atoms with van der Waals surface area (Å²) in [5.41, 5.74) is 2.06. The number of phenolic OH excluding ortho intramolecular Hbond substituents is 1. The molecule has 1 rings (SSSR count). The van der Waals surface area contributed by atoms with Crippen LogP contribution in [-0.4, -0.2) is 59.5 Å². The molecule has 1 amide bonds. The lowest BCUT2D eigenvalue weighted by Crippen LogP contribution is -2.11. The summed E-state index contributed by atoms with van der Waals surface area (Å²) >= 11 is 0. The number of aromatic hydroxyl groups is 1. The molecule has 0 aliphatic rings. The van der Waals surface area contributed by atoms with Gasteiger partial charge in [-0.3, -0.25) is 4.79 Å². The largest absolute Gasteiger partial charge is 0.508 e. The molecule has 0 heterocycles. The predicted molar refractivity (Wildman–Crippen MR) is 149 cm³/mol. The Morgan fingerprint density at radius 1 is 0.923 bits per heavy atom. The number of aliphatic hydroxyl groups is 1. The molecule has 1 aromatic rings. The van der Waals surface area contributed by atoms with Crippen LogP contribution in [-0.2, 0) is 28.7 Å². The molecule has 39 heavy (non-hydrogen) atoms. The summed E-state index contributed by atoms with van der Waals surface area (Å²) in [6.45, 7) is 22.6. The maximum absolute atomic E-state index is 11.1. The number of anilines is 1. The van der Waals surface area contributed by atoms with Crippen LogP contribution in [0.5, 0.6) is 5.75 Å². The first-order chi connectivity index (χ1) is 18.0. The number of nitrogens with one attached hydrogen (secondary N) is 1. The van der Waals surface area contributed by atoms with Gasteiger partial charge in [0, 0.05) is 34.1 Å². The molecule has 4 N–H and O–H groups in total. The average molecular weight is 547 g/mol. The van der Waals surface area contributed by atoms with E-state index < -0.39 is 11.9 Å². The lowest BCUT2D eigenvalue weighted by Gasteiger charge is -2.03. The van der Waals surface area contributed by atoms with Crippen molar-refractivity contribution < 1.29 is 44.0 Å². The molecule has 11 heteroatoms. The monoisotopic (exact) mass is 546 g/mol. The van der Waals surface area contributed by atoms with Crippen molar-refractivity contribution in [3.63, 3.8) is 0 Å². The number of phenols is 1. The third kappa shape index (κ3) is 31.0. The van der Waals surface area contributed by atoms with Gasteiger partial charge in [0.05, 0.1) is 19.8 Å². The number of methoxy groups -OCH3 is 1. The Morgan fingerprint density at radius 2 is 1.33 bits per heavy atom. The molecule has 0 aliphatic heterocycles. The van der Waals surface area contributed by atoms with E-state index in [1.807, 2.05) is 0 Å². The van der Waals surface area contributed by atoms with Gasteiger partial charge in [-0.15, -0.1) is 0 Å². The average Bonchev–Trinajstić information content (AvgIpc) is 2.88. The molecule has 0 aromatic heterocycles. The van der Waals surface area contributed by atoms with Gasteiger partial charge in [0.25, 0.3) is 5.91 Å². The highest BCUT2D eigenvalue weighted by atomic mass is 16.5. The summed E-state index contributed by atoms with van der Waals surface area (Å²) in [5.74, 6) is -1.78. The smallest absolute Gasteiger partial charge is 0.333 e. The number of nitrogens with zero attached hydrogens (tertiary/aromatic N) is 1. The molecule has 0 saturated carbocycles. The lowest BCUT2D eigenvalue weighted by molar-refractivity contribution is -0.140. The van der Waals surface area contributed by atoms with Gasteiger partial charge < -0.3 is 30.1 Å². The van der Waals surface area contributed by atoms with E-state index in [-0.39, 0.29) is 36.4 Å². The Hall–Kier alpha value is -4.95. The summed E-state index contributed by atoms with van der Waals surface area (Å²) in [5, 5.41) is 35.2. The number of amides is 1. The van der Waals surface area contributed by atoms with Gasteiger partial charge in [-0.1, -0.05) is 32.9 Å². The number of carbonyl (C=O) groups is 4. The number of esters is 2. The summed E-state index contributed by atoms with van der Waals surface area (Å²) in [4.78, 5) is 41.4. The van der Waals surface area contributed by atoms with E-state index in [0.29, 0.717) is 22.4 Å². The summed E-state index contributed by atoms with van der Waals surface area (Å²) < 4.78 is 8.74. The van der Waals surface area contributed by atoms with Gasteiger partial charge in [0.15, 0.2) is 0 Å². The van der Waals surface area contributed by atoms with Gasteiger partial charge >= 0.3 is 17.9 Å². The zero-order chi connectivity index (χ0) is 31.6. The summed E-state index contributed by atoms with van der Waals surface area (Å²) in [6.07, 6.45) is 1.18. The van der Waals surface area contributed by atoms with Crippen molar-refractivity contribution >= 4 is 29.5 Å². The minimum Gasteiger partial charge on any atom is -0.508 e. The highest BCUT2D eigenvalue weighted by Crippen LogP contribution is 2.14. The number of hydrogen-bond acceptors (Lipinski definition) is 9. The first kappa shape index (κ1) is 41.2. The first-order valence-electron chi connectivity index (χ1n) is 10.8.